The van der Waals surface area contributed by atoms with Gasteiger partial charge in [0.25, 0.3) is 0 Å². The van der Waals surface area contributed by atoms with Gasteiger partial charge in [0.05, 0.1) is 5.54 Å². The van der Waals surface area contributed by atoms with E-state index in [1.54, 1.807) is 9.80 Å². The van der Waals surface area contributed by atoms with Gasteiger partial charge >= 0.3 is 12.2 Å². The van der Waals surface area contributed by atoms with E-state index in [0.717, 1.165) is 5.56 Å². The highest BCUT2D eigenvalue weighted by molar-refractivity contribution is 5.71. The first-order chi connectivity index (χ1) is 11.6. The summed E-state index contributed by atoms with van der Waals surface area (Å²) in [5.41, 5.74) is -0.117. The topological polar surface area (TPSA) is 59.1 Å². The molecule has 0 aliphatic carbocycles. The van der Waals surface area contributed by atoms with Crippen LogP contribution >= 0.6 is 0 Å². The molecule has 0 bridgehead atoms. The second-order valence-corrected chi connectivity index (χ2v) is 7.91. The van der Waals surface area contributed by atoms with Crippen molar-refractivity contribution in [3.63, 3.8) is 0 Å². The van der Waals surface area contributed by atoms with Gasteiger partial charge in [0, 0.05) is 19.6 Å². The predicted octanol–water partition coefficient (Wildman–Crippen LogP) is 3.65. The molecule has 0 aromatic heterocycles. The molecule has 138 valence electrons. The Bertz CT molecular complexity index is 608. The normalized spacial score (nSPS) is 17.2. The van der Waals surface area contributed by atoms with Crippen molar-refractivity contribution in [3.05, 3.63) is 35.9 Å². The maximum atomic E-state index is 12.4. The van der Waals surface area contributed by atoms with Gasteiger partial charge in [-0.3, -0.25) is 4.90 Å². The minimum absolute atomic E-state index is 0.242. The predicted molar refractivity (Wildman–Crippen MR) is 95.2 cm³/mol. The Balaban J connectivity index is 1.92. The molecule has 0 N–H and O–H groups in total. The van der Waals surface area contributed by atoms with E-state index in [4.69, 9.17) is 9.47 Å². The zero-order valence-electron chi connectivity index (χ0n) is 15.7. The van der Waals surface area contributed by atoms with Crippen LogP contribution in [0.1, 0.15) is 40.2 Å². The number of nitrogens with zero attached hydrogens (tertiary/aromatic N) is 2. The monoisotopic (exact) mass is 348 g/mol. The molecule has 1 fully saturated rings. The molecule has 25 heavy (non-hydrogen) atoms. The Hall–Kier alpha value is -2.24. The zero-order chi connectivity index (χ0) is 18.7. The fraction of sp³-hybridized carbons (Fsp3) is 0.579. The minimum Gasteiger partial charge on any atom is -0.445 e. The van der Waals surface area contributed by atoms with E-state index >= 15 is 0 Å². The number of carbonyl (C=O) groups is 2. The molecule has 0 spiro atoms. The summed E-state index contributed by atoms with van der Waals surface area (Å²) in [6, 6.07) is 9.57. The fourth-order valence-corrected chi connectivity index (χ4v) is 2.78. The molecule has 2 rings (SSSR count). The first-order valence-corrected chi connectivity index (χ1v) is 8.55. The van der Waals surface area contributed by atoms with Gasteiger partial charge in [0.1, 0.15) is 12.2 Å². The SMILES string of the molecule is CC(C)(C)OC(=O)N1CCN(C(=O)OCc2ccccc2)CC1(C)C. The highest BCUT2D eigenvalue weighted by Gasteiger charge is 2.40. The van der Waals surface area contributed by atoms with Gasteiger partial charge in [-0.1, -0.05) is 30.3 Å². The minimum atomic E-state index is -0.543. The van der Waals surface area contributed by atoms with E-state index in [1.165, 1.54) is 0 Å². The number of rotatable bonds is 2. The smallest absolute Gasteiger partial charge is 0.410 e. The van der Waals surface area contributed by atoms with Crippen molar-refractivity contribution in [1.82, 2.24) is 9.80 Å². The lowest BCUT2D eigenvalue weighted by atomic mass is 10.00. The van der Waals surface area contributed by atoms with E-state index in [0.29, 0.717) is 19.6 Å². The molecule has 1 aromatic rings. The number of amides is 2. The molecule has 0 unspecified atom stereocenters. The molecule has 2 amide bonds. The summed E-state index contributed by atoms with van der Waals surface area (Å²) in [6.07, 6.45) is -0.712. The largest absolute Gasteiger partial charge is 0.445 e. The third kappa shape index (κ3) is 5.37. The van der Waals surface area contributed by atoms with Crippen molar-refractivity contribution in [2.24, 2.45) is 0 Å². The average molecular weight is 348 g/mol. The lowest BCUT2D eigenvalue weighted by Gasteiger charge is -2.46. The summed E-state index contributed by atoms with van der Waals surface area (Å²) in [6.45, 7) is 10.9. The van der Waals surface area contributed by atoms with Gasteiger partial charge in [0.15, 0.2) is 0 Å². The molecule has 1 saturated heterocycles. The van der Waals surface area contributed by atoms with Crippen LogP contribution in [-0.2, 0) is 16.1 Å². The average Bonchev–Trinajstić information content (AvgIpc) is 2.50. The number of benzene rings is 1. The molecule has 0 atom stereocenters. The number of carbonyl (C=O) groups excluding carboxylic acids is 2. The van der Waals surface area contributed by atoms with Crippen molar-refractivity contribution >= 4 is 12.2 Å². The Kier molecular flexibility index (Phi) is 5.60. The molecule has 1 aliphatic rings. The highest BCUT2D eigenvalue weighted by atomic mass is 16.6. The van der Waals surface area contributed by atoms with Crippen LogP contribution in [0.15, 0.2) is 30.3 Å². The summed E-state index contributed by atoms with van der Waals surface area (Å²) in [7, 11) is 0. The van der Waals surface area contributed by atoms with Crippen molar-refractivity contribution < 1.29 is 19.1 Å². The van der Waals surface area contributed by atoms with Crippen LogP contribution in [0.25, 0.3) is 0 Å². The van der Waals surface area contributed by atoms with Crippen LogP contribution in [0.5, 0.6) is 0 Å². The number of ether oxygens (including phenoxy) is 2. The van der Waals surface area contributed by atoms with Gasteiger partial charge in [-0.05, 0) is 40.2 Å². The molecular weight excluding hydrogens is 320 g/mol. The fourth-order valence-electron chi connectivity index (χ4n) is 2.78. The van der Waals surface area contributed by atoms with Crippen molar-refractivity contribution in [2.75, 3.05) is 19.6 Å². The van der Waals surface area contributed by atoms with Gasteiger partial charge < -0.3 is 14.4 Å². The molecule has 1 aliphatic heterocycles. The first-order valence-electron chi connectivity index (χ1n) is 8.55. The highest BCUT2D eigenvalue weighted by Crippen LogP contribution is 2.24. The lowest BCUT2D eigenvalue weighted by molar-refractivity contribution is -0.0236. The van der Waals surface area contributed by atoms with Gasteiger partial charge in [-0.25, -0.2) is 9.59 Å². The molecule has 0 radical (unpaired) electrons. The second-order valence-electron chi connectivity index (χ2n) is 7.91. The van der Waals surface area contributed by atoms with E-state index in [-0.39, 0.29) is 18.8 Å². The second kappa shape index (κ2) is 7.33. The van der Waals surface area contributed by atoms with Crippen LogP contribution < -0.4 is 0 Å². The van der Waals surface area contributed by atoms with Gasteiger partial charge in [0.2, 0.25) is 0 Å². The summed E-state index contributed by atoms with van der Waals surface area (Å²) in [4.78, 5) is 28.0. The molecule has 1 heterocycles. The van der Waals surface area contributed by atoms with Crippen molar-refractivity contribution in [1.29, 1.82) is 0 Å². The Labute approximate surface area is 149 Å². The van der Waals surface area contributed by atoms with E-state index in [9.17, 15) is 9.59 Å². The van der Waals surface area contributed by atoms with Crippen LogP contribution in [0.2, 0.25) is 0 Å². The number of hydrogen-bond donors (Lipinski definition) is 0. The summed E-state index contributed by atoms with van der Waals surface area (Å²) in [5.74, 6) is 0. The Morgan fingerprint density at radius 1 is 1.08 bits per heavy atom. The third-order valence-electron chi connectivity index (χ3n) is 3.98. The molecule has 6 nitrogen and oxygen atoms in total. The lowest BCUT2D eigenvalue weighted by Crippen LogP contribution is -2.62. The van der Waals surface area contributed by atoms with Gasteiger partial charge in [-0.2, -0.15) is 0 Å². The first kappa shape index (κ1) is 19.1. The van der Waals surface area contributed by atoms with E-state index < -0.39 is 11.1 Å². The van der Waals surface area contributed by atoms with Gasteiger partial charge in [-0.15, -0.1) is 0 Å². The van der Waals surface area contributed by atoms with Crippen LogP contribution in [0, 0.1) is 0 Å². The van der Waals surface area contributed by atoms with Crippen molar-refractivity contribution in [3.8, 4) is 0 Å². The summed E-state index contributed by atoms with van der Waals surface area (Å²) >= 11 is 0. The van der Waals surface area contributed by atoms with Crippen LogP contribution in [0.3, 0.4) is 0 Å². The maximum absolute atomic E-state index is 12.4. The van der Waals surface area contributed by atoms with Crippen molar-refractivity contribution in [2.45, 2.75) is 52.4 Å². The van der Waals surface area contributed by atoms with E-state index in [2.05, 4.69) is 0 Å². The molecule has 6 heteroatoms. The third-order valence-corrected chi connectivity index (χ3v) is 3.98. The Morgan fingerprint density at radius 3 is 2.28 bits per heavy atom. The quantitative estimate of drug-likeness (QED) is 0.818. The summed E-state index contributed by atoms with van der Waals surface area (Å²) in [5, 5.41) is 0. The van der Waals surface area contributed by atoms with Crippen LogP contribution in [-0.4, -0.2) is 52.8 Å². The number of piperazine rings is 1. The van der Waals surface area contributed by atoms with Crippen LogP contribution in [0.4, 0.5) is 9.59 Å². The molecular formula is C19H28N2O4. The molecule has 1 aromatic carbocycles. The molecule has 0 saturated carbocycles. The standard InChI is InChI=1S/C19H28N2O4/c1-18(2,3)25-17(23)21-12-11-20(14-19(21,4)5)16(22)24-13-15-9-7-6-8-10-15/h6-10H,11-14H2,1-5H3. The maximum Gasteiger partial charge on any atom is 0.410 e. The Morgan fingerprint density at radius 2 is 1.72 bits per heavy atom. The number of hydrogen-bond acceptors (Lipinski definition) is 4. The summed E-state index contributed by atoms with van der Waals surface area (Å²) < 4.78 is 10.9. The zero-order valence-corrected chi connectivity index (χ0v) is 15.7. The van der Waals surface area contributed by atoms with E-state index in [1.807, 2.05) is 65.0 Å².